The molecular formula is C24H23ClN2O5. The van der Waals surface area contributed by atoms with Crippen LogP contribution < -0.4 is 9.64 Å². The second-order valence-corrected chi connectivity index (χ2v) is 9.05. The molecular weight excluding hydrogens is 432 g/mol. The molecule has 0 N–H and O–H groups in total. The molecule has 2 fully saturated rings. The Bertz CT molecular complexity index is 1150. The molecule has 0 bridgehead atoms. The number of hydrogen-bond acceptors (Lipinski definition) is 5. The molecule has 0 saturated carbocycles. The van der Waals surface area contributed by atoms with E-state index in [0.29, 0.717) is 16.5 Å². The van der Waals surface area contributed by atoms with Crippen LogP contribution in [-0.2, 0) is 14.3 Å². The molecule has 2 aromatic carbocycles. The van der Waals surface area contributed by atoms with Gasteiger partial charge in [0.25, 0.3) is 5.91 Å². The van der Waals surface area contributed by atoms with Gasteiger partial charge < -0.3 is 14.4 Å². The Labute approximate surface area is 190 Å². The monoisotopic (exact) mass is 454 g/mol. The highest BCUT2D eigenvalue weighted by atomic mass is 35.5. The third kappa shape index (κ3) is 2.70. The Morgan fingerprint density at radius 2 is 2.03 bits per heavy atom. The summed E-state index contributed by atoms with van der Waals surface area (Å²) in [6.07, 6.45) is 0. The second-order valence-electron chi connectivity index (χ2n) is 8.61. The Morgan fingerprint density at radius 3 is 2.75 bits per heavy atom. The number of aryl methyl sites for hydroxylation is 1. The number of imide groups is 1. The van der Waals surface area contributed by atoms with Crippen molar-refractivity contribution in [3.8, 4) is 5.75 Å². The lowest BCUT2D eigenvalue weighted by atomic mass is 9.77. The molecule has 2 aromatic rings. The van der Waals surface area contributed by atoms with Crippen molar-refractivity contribution in [1.82, 2.24) is 4.90 Å². The molecule has 3 aliphatic rings. The highest BCUT2D eigenvalue weighted by Crippen LogP contribution is 2.58. The van der Waals surface area contributed by atoms with Crippen LogP contribution in [0.3, 0.4) is 0 Å². The van der Waals surface area contributed by atoms with Gasteiger partial charge in [0.15, 0.2) is 0 Å². The van der Waals surface area contributed by atoms with Crippen molar-refractivity contribution < 1.29 is 23.9 Å². The number of hydrogen-bond donors (Lipinski definition) is 0. The number of benzene rings is 2. The van der Waals surface area contributed by atoms with Crippen molar-refractivity contribution in [1.29, 1.82) is 0 Å². The molecule has 3 amide bonds. The van der Waals surface area contributed by atoms with Crippen LogP contribution >= 0.6 is 11.6 Å². The van der Waals surface area contributed by atoms with Crippen molar-refractivity contribution in [3.05, 3.63) is 58.6 Å². The Balaban J connectivity index is 1.70. The maximum Gasteiger partial charge on any atom is 0.332 e. The van der Waals surface area contributed by atoms with Gasteiger partial charge in [-0.25, -0.2) is 9.69 Å². The van der Waals surface area contributed by atoms with E-state index in [1.165, 1.54) is 0 Å². The highest BCUT2D eigenvalue weighted by Gasteiger charge is 2.72. The minimum atomic E-state index is -1.41. The number of urea groups is 1. The fourth-order valence-corrected chi connectivity index (χ4v) is 5.64. The Hall–Kier alpha value is -3.06. The highest BCUT2D eigenvalue weighted by molar-refractivity contribution is 6.31. The fourth-order valence-electron chi connectivity index (χ4n) is 5.46. The van der Waals surface area contributed by atoms with E-state index in [9.17, 15) is 14.4 Å². The second kappa shape index (κ2) is 7.24. The maximum atomic E-state index is 13.8. The van der Waals surface area contributed by atoms with Crippen LogP contribution in [0.1, 0.15) is 31.0 Å². The first-order valence-corrected chi connectivity index (χ1v) is 11.0. The van der Waals surface area contributed by atoms with Gasteiger partial charge in [-0.05, 0) is 45.0 Å². The van der Waals surface area contributed by atoms with Crippen LogP contribution in [0.5, 0.6) is 5.75 Å². The van der Waals surface area contributed by atoms with Crippen LogP contribution in [0.4, 0.5) is 10.5 Å². The van der Waals surface area contributed by atoms with Gasteiger partial charge in [-0.1, -0.05) is 35.4 Å². The van der Waals surface area contributed by atoms with E-state index in [4.69, 9.17) is 21.1 Å². The topological polar surface area (TPSA) is 76.2 Å². The zero-order valence-corrected chi connectivity index (χ0v) is 18.8. The summed E-state index contributed by atoms with van der Waals surface area (Å²) in [7, 11) is 0. The minimum Gasteiger partial charge on any atom is -0.493 e. The average Bonchev–Trinajstić information content (AvgIpc) is 3.13. The summed E-state index contributed by atoms with van der Waals surface area (Å²) in [6.45, 7) is 5.73. The average molecular weight is 455 g/mol. The lowest BCUT2D eigenvalue weighted by Crippen LogP contribution is -2.51. The molecule has 3 heterocycles. The van der Waals surface area contributed by atoms with Crippen LogP contribution in [0.25, 0.3) is 0 Å². The molecule has 0 unspecified atom stereocenters. The summed E-state index contributed by atoms with van der Waals surface area (Å²) in [5, 5.41) is 0.409. The molecule has 3 aliphatic heterocycles. The zero-order valence-electron chi connectivity index (χ0n) is 18.0. The van der Waals surface area contributed by atoms with Gasteiger partial charge in [0, 0.05) is 16.5 Å². The minimum absolute atomic E-state index is 0.180. The first-order valence-electron chi connectivity index (χ1n) is 10.6. The number of carbonyl (C=O) groups is 3. The molecule has 32 heavy (non-hydrogen) atoms. The van der Waals surface area contributed by atoms with Crippen LogP contribution in [0.2, 0.25) is 5.02 Å². The van der Waals surface area contributed by atoms with Crippen molar-refractivity contribution in [2.24, 2.45) is 11.8 Å². The van der Waals surface area contributed by atoms with Gasteiger partial charge in [0.1, 0.15) is 11.3 Å². The van der Waals surface area contributed by atoms with Gasteiger partial charge in [-0.3, -0.25) is 9.59 Å². The fraction of sp³-hybridized carbons (Fsp3) is 0.375. The first kappa shape index (κ1) is 20.8. The number of fused-ring (bicyclic) bond motifs is 5. The van der Waals surface area contributed by atoms with Crippen LogP contribution in [-0.4, -0.2) is 41.6 Å². The largest absolute Gasteiger partial charge is 0.493 e. The third-order valence-electron chi connectivity index (χ3n) is 6.77. The molecule has 8 heteroatoms. The molecule has 0 radical (unpaired) electrons. The van der Waals surface area contributed by atoms with E-state index in [-0.39, 0.29) is 13.2 Å². The number of esters is 1. The van der Waals surface area contributed by atoms with Gasteiger partial charge in [0.2, 0.25) is 0 Å². The number of ether oxygens (including phenoxy) is 2. The lowest BCUT2D eigenvalue weighted by molar-refractivity contribution is -0.154. The molecule has 5 rings (SSSR count). The number of rotatable bonds is 3. The van der Waals surface area contributed by atoms with Crippen molar-refractivity contribution >= 4 is 35.2 Å². The standard InChI is InChI=1S/C24H23ClN2O5/c1-4-31-21(28)19-17-12-32-18-9-8-13(2)10-16(18)20(17)27-23(30)26(22(29)24(19,27)3)15-7-5-6-14(25)11-15/h5-11,17,19-20H,4,12H2,1-3H3/t17-,19+,20-,24+/m1/s1. The number of amides is 3. The van der Waals surface area contributed by atoms with E-state index >= 15 is 0 Å². The number of anilines is 1. The van der Waals surface area contributed by atoms with Gasteiger partial charge in [0.05, 0.1) is 30.9 Å². The number of halogens is 1. The summed E-state index contributed by atoms with van der Waals surface area (Å²) >= 11 is 6.14. The number of carbonyl (C=O) groups excluding carboxylic acids is 3. The quantitative estimate of drug-likeness (QED) is 0.515. The van der Waals surface area contributed by atoms with Crippen LogP contribution in [0.15, 0.2) is 42.5 Å². The zero-order chi connectivity index (χ0) is 22.8. The van der Waals surface area contributed by atoms with E-state index in [1.54, 1.807) is 43.0 Å². The molecule has 4 atom stereocenters. The lowest BCUT2D eigenvalue weighted by Gasteiger charge is -2.34. The van der Waals surface area contributed by atoms with E-state index in [1.807, 2.05) is 25.1 Å². The molecule has 0 aromatic heterocycles. The molecule has 166 valence electrons. The Kier molecular flexibility index (Phi) is 4.71. The van der Waals surface area contributed by atoms with Crippen LogP contribution in [0, 0.1) is 18.8 Å². The molecule has 7 nitrogen and oxygen atoms in total. The van der Waals surface area contributed by atoms with Crippen molar-refractivity contribution in [2.45, 2.75) is 32.4 Å². The molecule has 0 spiro atoms. The smallest absolute Gasteiger partial charge is 0.332 e. The predicted octanol–water partition coefficient (Wildman–Crippen LogP) is 4.12. The summed E-state index contributed by atoms with van der Waals surface area (Å²) in [5.41, 5.74) is 0.765. The summed E-state index contributed by atoms with van der Waals surface area (Å²) in [4.78, 5) is 43.5. The maximum absolute atomic E-state index is 13.8. The van der Waals surface area contributed by atoms with Gasteiger partial charge >= 0.3 is 12.0 Å². The third-order valence-corrected chi connectivity index (χ3v) is 7.01. The van der Waals surface area contributed by atoms with Crippen molar-refractivity contribution in [3.63, 3.8) is 0 Å². The van der Waals surface area contributed by atoms with E-state index < -0.39 is 41.3 Å². The molecule has 0 aliphatic carbocycles. The SMILES string of the molecule is CCOC(=O)[C@@H]1[C@H]2COc3ccc(C)cc3[C@H]2N2C(=O)N(c3cccc(Cl)c3)C(=O)[C@]12C. The first-order chi connectivity index (χ1) is 15.3. The summed E-state index contributed by atoms with van der Waals surface area (Å²) in [6, 6.07) is 11.4. The summed E-state index contributed by atoms with van der Waals surface area (Å²) in [5.74, 6) is -1.57. The van der Waals surface area contributed by atoms with Gasteiger partial charge in [-0.15, -0.1) is 0 Å². The number of nitrogens with zero attached hydrogens (tertiary/aromatic N) is 2. The predicted molar refractivity (Wildman–Crippen MR) is 118 cm³/mol. The Morgan fingerprint density at radius 1 is 1.25 bits per heavy atom. The van der Waals surface area contributed by atoms with Crippen molar-refractivity contribution in [2.75, 3.05) is 18.1 Å². The van der Waals surface area contributed by atoms with E-state index in [2.05, 4.69) is 0 Å². The van der Waals surface area contributed by atoms with Gasteiger partial charge in [-0.2, -0.15) is 0 Å². The normalized spacial score (nSPS) is 28.2. The van der Waals surface area contributed by atoms with E-state index in [0.717, 1.165) is 16.0 Å². The molecule has 2 saturated heterocycles. The summed E-state index contributed by atoms with van der Waals surface area (Å²) < 4.78 is 11.4.